The number of rotatable bonds is 2. The number of anilines is 1. The topological polar surface area (TPSA) is 77.6 Å². The third-order valence-corrected chi connectivity index (χ3v) is 3.20. The van der Waals surface area contributed by atoms with Gasteiger partial charge in [-0.3, -0.25) is 4.79 Å². The number of ketones is 1. The van der Waals surface area contributed by atoms with Crippen LogP contribution in [-0.4, -0.2) is 16.5 Å². The Bertz CT molecular complexity index is 772. The van der Waals surface area contributed by atoms with Gasteiger partial charge in [-0.1, -0.05) is 0 Å². The van der Waals surface area contributed by atoms with Gasteiger partial charge >= 0.3 is 0 Å². The number of pyridine rings is 1. The normalized spacial score (nSPS) is 13.6. The standard InChI is InChI=1S/C15H12FN3O2/c1-8-13(20)7-10-14(4-5-18-15(10)19-8)21-9-2-3-12(17)11(16)6-9/h2-6H,7,17H2,1H3. The predicted molar refractivity (Wildman–Crippen MR) is 76.6 cm³/mol. The van der Waals surface area contributed by atoms with E-state index in [1.165, 1.54) is 18.3 Å². The number of hydrogen-bond acceptors (Lipinski definition) is 5. The van der Waals surface area contributed by atoms with Crippen molar-refractivity contribution in [3.05, 3.63) is 41.8 Å². The monoisotopic (exact) mass is 285 g/mol. The van der Waals surface area contributed by atoms with E-state index in [-0.39, 0.29) is 17.9 Å². The van der Waals surface area contributed by atoms with E-state index < -0.39 is 5.82 Å². The average molecular weight is 285 g/mol. The highest BCUT2D eigenvalue weighted by atomic mass is 19.1. The van der Waals surface area contributed by atoms with Crippen LogP contribution in [0.2, 0.25) is 0 Å². The molecule has 0 aliphatic carbocycles. The number of Topliss-reactive ketones (excluding diaryl/α,β-unsaturated/α-hetero) is 1. The van der Waals surface area contributed by atoms with Crippen molar-refractivity contribution < 1.29 is 13.9 Å². The third kappa shape index (κ3) is 2.47. The highest BCUT2D eigenvalue weighted by molar-refractivity contribution is 6.40. The van der Waals surface area contributed by atoms with E-state index in [0.717, 1.165) is 0 Å². The van der Waals surface area contributed by atoms with Gasteiger partial charge in [-0.05, 0) is 25.1 Å². The predicted octanol–water partition coefficient (Wildman–Crippen LogP) is 2.81. The summed E-state index contributed by atoms with van der Waals surface area (Å²) in [5.41, 5.74) is 6.50. The summed E-state index contributed by atoms with van der Waals surface area (Å²) in [7, 11) is 0. The SMILES string of the molecule is CC1=Nc2nccc(Oc3ccc(N)c(F)c3)c2CC1=O. The summed E-state index contributed by atoms with van der Waals surface area (Å²) in [6.45, 7) is 1.65. The molecule has 0 atom stereocenters. The first-order chi connectivity index (χ1) is 10.0. The summed E-state index contributed by atoms with van der Waals surface area (Å²) in [6, 6.07) is 5.80. The van der Waals surface area contributed by atoms with Crippen LogP contribution in [0.15, 0.2) is 35.5 Å². The number of halogens is 1. The molecule has 0 amide bonds. The lowest BCUT2D eigenvalue weighted by atomic mass is 10.0. The van der Waals surface area contributed by atoms with Gasteiger partial charge in [0, 0.05) is 24.2 Å². The van der Waals surface area contributed by atoms with E-state index in [4.69, 9.17) is 10.5 Å². The molecule has 106 valence electrons. The highest BCUT2D eigenvalue weighted by Gasteiger charge is 2.22. The van der Waals surface area contributed by atoms with Gasteiger partial charge in [0.05, 0.1) is 11.4 Å². The van der Waals surface area contributed by atoms with Crippen molar-refractivity contribution in [3.8, 4) is 11.5 Å². The Kier molecular flexibility index (Phi) is 3.13. The molecule has 3 rings (SSSR count). The van der Waals surface area contributed by atoms with Crippen molar-refractivity contribution in [2.75, 3.05) is 5.73 Å². The number of nitrogens with zero attached hydrogens (tertiary/aromatic N) is 2. The van der Waals surface area contributed by atoms with Crippen LogP contribution >= 0.6 is 0 Å². The lowest BCUT2D eigenvalue weighted by molar-refractivity contribution is -0.112. The quantitative estimate of drug-likeness (QED) is 0.861. The largest absolute Gasteiger partial charge is 0.457 e. The van der Waals surface area contributed by atoms with Gasteiger partial charge < -0.3 is 10.5 Å². The van der Waals surface area contributed by atoms with Gasteiger partial charge in [-0.25, -0.2) is 14.4 Å². The molecule has 0 bridgehead atoms. The van der Waals surface area contributed by atoms with Gasteiger partial charge in [0.2, 0.25) is 0 Å². The number of aromatic nitrogens is 1. The summed E-state index contributed by atoms with van der Waals surface area (Å²) in [4.78, 5) is 20.0. The lowest BCUT2D eigenvalue weighted by Gasteiger charge is -2.16. The van der Waals surface area contributed by atoms with Gasteiger partial charge in [0.15, 0.2) is 11.6 Å². The molecule has 1 aromatic heterocycles. The summed E-state index contributed by atoms with van der Waals surface area (Å²) in [6.07, 6.45) is 1.71. The summed E-state index contributed by atoms with van der Waals surface area (Å²) in [5, 5.41) is 0. The Balaban J connectivity index is 1.99. The number of nitrogens with two attached hydrogens (primary N) is 1. The van der Waals surface area contributed by atoms with E-state index in [9.17, 15) is 9.18 Å². The minimum atomic E-state index is -0.555. The minimum absolute atomic E-state index is 0.0505. The van der Waals surface area contributed by atoms with Crippen LogP contribution in [0.5, 0.6) is 11.5 Å². The zero-order valence-corrected chi connectivity index (χ0v) is 11.3. The second-order valence-corrected chi connectivity index (χ2v) is 4.69. The van der Waals surface area contributed by atoms with E-state index >= 15 is 0 Å². The summed E-state index contributed by atoms with van der Waals surface area (Å²) in [5.74, 6) is 0.562. The minimum Gasteiger partial charge on any atom is -0.457 e. The number of carbonyl (C=O) groups is 1. The number of carbonyl (C=O) groups excluding carboxylic acids is 1. The van der Waals surface area contributed by atoms with Gasteiger partial charge in [0.25, 0.3) is 0 Å². The van der Waals surface area contributed by atoms with Crippen LogP contribution in [0.4, 0.5) is 15.9 Å². The summed E-state index contributed by atoms with van der Waals surface area (Å²) < 4.78 is 19.1. The Morgan fingerprint density at radius 2 is 2.14 bits per heavy atom. The highest BCUT2D eigenvalue weighted by Crippen LogP contribution is 2.33. The molecule has 0 unspecified atom stereocenters. The molecule has 21 heavy (non-hydrogen) atoms. The maximum atomic E-state index is 13.4. The Morgan fingerprint density at radius 1 is 1.33 bits per heavy atom. The zero-order valence-electron chi connectivity index (χ0n) is 11.3. The van der Waals surface area contributed by atoms with E-state index in [2.05, 4.69) is 9.98 Å². The van der Waals surface area contributed by atoms with Crippen molar-refractivity contribution in [3.63, 3.8) is 0 Å². The molecule has 2 aromatic rings. The number of fused-ring (bicyclic) bond motifs is 1. The molecular formula is C15H12FN3O2. The van der Waals surface area contributed by atoms with Crippen LogP contribution in [0.1, 0.15) is 12.5 Å². The molecule has 0 saturated carbocycles. The van der Waals surface area contributed by atoms with Crippen molar-refractivity contribution >= 4 is 23.0 Å². The van der Waals surface area contributed by atoms with Crippen molar-refractivity contribution in [2.45, 2.75) is 13.3 Å². The second-order valence-electron chi connectivity index (χ2n) is 4.69. The number of aliphatic imine (C=N–C) groups is 1. The second kappa shape index (κ2) is 4.97. The Labute approximate surface area is 120 Å². The zero-order chi connectivity index (χ0) is 15.0. The Hall–Kier alpha value is -2.76. The van der Waals surface area contributed by atoms with Gasteiger partial charge in [-0.15, -0.1) is 0 Å². The molecule has 1 aromatic carbocycles. The van der Waals surface area contributed by atoms with Crippen molar-refractivity contribution in [2.24, 2.45) is 4.99 Å². The van der Waals surface area contributed by atoms with Crippen molar-refractivity contribution in [1.29, 1.82) is 0 Å². The summed E-state index contributed by atoms with van der Waals surface area (Å²) >= 11 is 0. The first-order valence-electron chi connectivity index (χ1n) is 6.34. The first-order valence-corrected chi connectivity index (χ1v) is 6.34. The molecule has 6 heteroatoms. The van der Waals surface area contributed by atoms with E-state index in [0.29, 0.717) is 28.6 Å². The fourth-order valence-corrected chi connectivity index (χ4v) is 2.03. The van der Waals surface area contributed by atoms with Crippen LogP contribution in [0, 0.1) is 5.82 Å². The lowest BCUT2D eigenvalue weighted by Crippen LogP contribution is -2.17. The fourth-order valence-electron chi connectivity index (χ4n) is 2.03. The average Bonchev–Trinajstić information content (AvgIpc) is 2.45. The van der Waals surface area contributed by atoms with Crippen molar-refractivity contribution in [1.82, 2.24) is 4.98 Å². The van der Waals surface area contributed by atoms with Gasteiger partial charge in [-0.2, -0.15) is 0 Å². The number of benzene rings is 1. The fraction of sp³-hybridized carbons (Fsp3) is 0.133. The Morgan fingerprint density at radius 3 is 2.90 bits per heavy atom. The molecule has 0 fully saturated rings. The smallest absolute Gasteiger partial charge is 0.181 e. The van der Waals surface area contributed by atoms with E-state index in [1.807, 2.05) is 0 Å². The number of hydrogen-bond donors (Lipinski definition) is 1. The molecule has 5 nitrogen and oxygen atoms in total. The van der Waals surface area contributed by atoms with Crippen LogP contribution in [0.3, 0.4) is 0 Å². The molecule has 0 spiro atoms. The molecule has 1 aliphatic rings. The van der Waals surface area contributed by atoms with Crippen LogP contribution < -0.4 is 10.5 Å². The van der Waals surface area contributed by atoms with Gasteiger partial charge in [0.1, 0.15) is 17.3 Å². The molecular weight excluding hydrogens is 273 g/mol. The maximum Gasteiger partial charge on any atom is 0.181 e. The van der Waals surface area contributed by atoms with Crippen LogP contribution in [-0.2, 0) is 11.2 Å². The van der Waals surface area contributed by atoms with Crippen LogP contribution in [0.25, 0.3) is 0 Å². The third-order valence-electron chi connectivity index (χ3n) is 3.20. The molecule has 2 heterocycles. The molecule has 0 saturated heterocycles. The molecule has 0 radical (unpaired) electrons. The first kappa shape index (κ1) is 13.2. The molecule has 1 aliphatic heterocycles. The number of nitrogen functional groups attached to an aromatic ring is 1. The number of ether oxygens (including phenoxy) is 1. The molecule has 2 N–H and O–H groups in total. The maximum absolute atomic E-state index is 13.4. The van der Waals surface area contributed by atoms with E-state index in [1.54, 1.807) is 19.1 Å².